The minimum absolute atomic E-state index is 0.0291. The number of hydrogen-bond donors (Lipinski definition) is 1. The van der Waals surface area contributed by atoms with E-state index < -0.39 is 16.3 Å². The molecular weight excluding hydrogens is 480 g/mol. The number of fused-ring (bicyclic) bond motifs is 1. The number of hydrogen-bond acceptors (Lipinski definition) is 8. The molecule has 8 nitrogen and oxygen atoms in total. The highest BCUT2D eigenvalue weighted by Gasteiger charge is 2.31. The Balaban J connectivity index is 1.53. The highest BCUT2D eigenvalue weighted by molar-refractivity contribution is 7.90. The van der Waals surface area contributed by atoms with Gasteiger partial charge in [0, 0.05) is 25.0 Å². The van der Waals surface area contributed by atoms with E-state index in [0.29, 0.717) is 42.5 Å². The third-order valence-corrected chi connectivity index (χ3v) is 7.36. The van der Waals surface area contributed by atoms with Crippen molar-refractivity contribution < 1.29 is 31.5 Å². The van der Waals surface area contributed by atoms with Crippen molar-refractivity contribution in [1.82, 2.24) is 4.98 Å². The average Bonchev–Trinajstić information content (AvgIpc) is 3.58. The number of nitrogens with one attached hydrogen (secondary N) is 1. The number of benzene rings is 1. The summed E-state index contributed by atoms with van der Waals surface area (Å²) in [5.41, 5.74) is 1.96. The first-order valence-electron chi connectivity index (χ1n) is 11.4. The van der Waals surface area contributed by atoms with Gasteiger partial charge in [0.2, 0.25) is 0 Å². The summed E-state index contributed by atoms with van der Waals surface area (Å²) in [6.07, 6.45) is -0.351. The Morgan fingerprint density at radius 1 is 1.20 bits per heavy atom. The number of ether oxygens (including phenoxy) is 2. The quantitative estimate of drug-likeness (QED) is 0.583. The summed E-state index contributed by atoms with van der Waals surface area (Å²) in [5.74, 6) is 0.0944. The molecule has 0 radical (unpaired) electrons. The predicted octanol–water partition coefficient (Wildman–Crippen LogP) is 3.73. The fourth-order valence-electron chi connectivity index (χ4n) is 4.27. The molecule has 1 aromatic heterocycles. The molecule has 1 N–H and O–H groups in total. The zero-order valence-electron chi connectivity index (χ0n) is 19.1. The zero-order valence-corrected chi connectivity index (χ0v) is 19.9. The van der Waals surface area contributed by atoms with Crippen molar-refractivity contribution >= 4 is 38.4 Å². The molecule has 1 aromatic carbocycles. The lowest BCUT2D eigenvalue weighted by atomic mass is 10.1. The molecule has 0 amide bonds. The van der Waals surface area contributed by atoms with E-state index >= 15 is 0 Å². The van der Waals surface area contributed by atoms with Crippen molar-refractivity contribution in [3.63, 3.8) is 0 Å². The molecule has 0 bridgehead atoms. The Labute approximate surface area is 201 Å². The minimum Gasteiger partial charge on any atom is -0.376 e. The largest absolute Gasteiger partial charge is 0.376 e. The van der Waals surface area contributed by atoms with Gasteiger partial charge in [-0.15, -0.1) is 0 Å². The third kappa shape index (κ3) is 5.26. The van der Waals surface area contributed by atoms with Gasteiger partial charge >= 0.3 is 0 Å². The maximum absolute atomic E-state index is 13.4. The van der Waals surface area contributed by atoms with E-state index in [0.717, 1.165) is 19.1 Å². The maximum atomic E-state index is 13.4. The highest BCUT2D eigenvalue weighted by Crippen LogP contribution is 2.39. The minimum atomic E-state index is -3.67. The Bertz CT molecular complexity index is 1300. The molecule has 3 heterocycles. The van der Waals surface area contributed by atoms with Crippen molar-refractivity contribution in [2.24, 2.45) is 10.9 Å². The SMILES string of the molecule is CS(=O)(=O)c1cc(C2COCCO2)ccc1Nc1cc(CC(=O)C2CC2)nc2c1N=C(C(F)F)C2. The molecule has 1 aliphatic carbocycles. The topological polar surface area (TPSA) is 107 Å². The summed E-state index contributed by atoms with van der Waals surface area (Å²) in [4.78, 5) is 20.9. The average molecular weight is 506 g/mol. The standard InChI is InChI=1S/C24H25F2N3O5S/c1-35(31,32)22-8-14(21-12-33-6-7-34-21)4-5-16(22)28-17-9-15(10-20(30)13-2-3-13)27-18-11-19(24(25)26)29-23(17)18/h4-5,8-9,13,21,24H,2-3,6-7,10-12H2,1H3,(H,27,28). The predicted molar refractivity (Wildman–Crippen MR) is 125 cm³/mol. The Hall–Kier alpha value is -2.76. The smallest absolute Gasteiger partial charge is 0.277 e. The van der Waals surface area contributed by atoms with Crippen molar-refractivity contribution in [2.75, 3.05) is 31.4 Å². The van der Waals surface area contributed by atoms with Crippen LogP contribution in [0.15, 0.2) is 34.2 Å². The number of carbonyl (C=O) groups is 1. The molecule has 11 heteroatoms. The lowest BCUT2D eigenvalue weighted by molar-refractivity contribution is -0.119. The van der Waals surface area contributed by atoms with Crippen LogP contribution in [0.25, 0.3) is 0 Å². The zero-order chi connectivity index (χ0) is 24.7. The van der Waals surface area contributed by atoms with E-state index in [-0.39, 0.29) is 52.6 Å². The summed E-state index contributed by atoms with van der Waals surface area (Å²) in [6.45, 7) is 1.21. The monoisotopic (exact) mass is 505 g/mol. The third-order valence-electron chi connectivity index (χ3n) is 6.22. The molecule has 1 atom stereocenters. The number of ketones is 1. The van der Waals surface area contributed by atoms with Gasteiger partial charge in [-0.1, -0.05) is 6.07 Å². The summed E-state index contributed by atoms with van der Waals surface area (Å²) < 4.78 is 63.2. The van der Waals surface area contributed by atoms with E-state index in [1.54, 1.807) is 18.2 Å². The number of sulfone groups is 1. The van der Waals surface area contributed by atoms with Crippen molar-refractivity contribution in [1.29, 1.82) is 0 Å². The van der Waals surface area contributed by atoms with Crippen LogP contribution < -0.4 is 5.32 Å². The number of aliphatic imine (C=N–C) groups is 1. The maximum Gasteiger partial charge on any atom is 0.277 e. The van der Waals surface area contributed by atoms with Gasteiger partial charge in [0.15, 0.2) is 9.84 Å². The fraction of sp³-hybridized carbons (Fsp3) is 0.458. The van der Waals surface area contributed by atoms with Crippen LogP contribution in [0.2, 0.25) is 0 Å². The lowest BCUT2D eigenvalue weighted by Gasteiger charge is -2.24. The molecule has 2 aliphatic heterocycles. The number of pyridine rings is 1. The number of alkyl halides is 2. The molecule has 0 spiro atoms. The fourth-order valence-corrected chi connectivity index (χ4v) is 5.13. The van der Waals surface area contributed by atoms with Crippen LogP contribution in [0.4, 0.5) is 25.8 Å². The number of carbonyl (C=O) groups excluding carboxylic acids is 1. The molecule has 186 valence electrons. The number of halogens is 2. The van der Waals surface area contributed by atoms with Crippen molar-refractivity contribution in [3.8, 4) is 0 Å². The van der Waals surface area contributed by atoms with Gasteiger partial charge in [-0.2, -0.15) is 0 Å². The second kappa shape index (κ2) is 9.36. The van der Waals surface area contributed by atoms with Gasteiger partial charge in [0.05, 0.1) is 53.2 Å². The highest BCUT2D eigenvalue weighted by atomic mass is 32.2. The van der Waals surface area contributed by atoms with Gasteiger partial charge in [0.1, 0.15) is 17.6 Å². The summed E-state index contributed by atoms with van der Waals surface area (Å²) in [5, 5.41) is 3.07. The van der Waals surface area contributed by atoms with Crippen LogP contribution in [0, 0.1) is 5.92 Å². The molecular formula is C24H25F2N3O5S. The summed E-state index contributed by atoms with van der Waals surface area (Å²) in [6, 6.07) is 6.47. The Kier molecular flexibility index (Phi) is 6.41. The van der Waals surface area contributed by atoms with Gasteiger partial charge in [-0.25, -0.2) is 22.2 Å². The lowest BCUT2D eigenvalue weighted by Crippen LogP contribution is -2.22. The molecule has 5 rings (SSSR count). The second-order valence-corrected chi connectivity index (χ2v) is 11.0. The van der Waals surface area contributed by atoms with E-state index in [9.17, 15) is 22.0 Å². The Morgan fingerprint density at radius 3 is 2.66 bits per heavy atom. The number of anilines is 2. The van der Waals surface area contributed by atoms with Gasteiger partial charge in [-0.3, -0.25) is 9.78 Å². The normalized spacial score (nSPS) is 20.0. The number of Topliss-reactive ketones (excluding diaryl/α,β-unsaturated/α-hetero) is 1. The Morgan fingerprint density at radius 2 is 2.00 bits per heavy atom. The van der Waals surface area contributed by atoms with Crippen molar-refractivity contribution in [3.05, 3.63) is 41.2 Å². The van der Waals surface area contributed by atoms with E-state index in [4.69, 9.17) is 9.47 Å². The van der Waals surface area contributed by atoms with Crippen LogP contribution in [0.5, 0.6) is 0 Å². The molecule has 2 fully saturated rings. The molecule has 3 aliphatic rings. The summed E-state index contributed by atoms with van der Waals surface area (Å²) >= 11 is 0. The first-order valence-corrected chi connectivity index (χ1v) is 13.3. The number of aromatic nitrogens is 1. The van der Waals surface area contributed by atoms with Gasteiger partial charge < -0.3 is 14.8 Å². The summed E-state index contributed by atoms with van der Waals surface area (Å²) in [7, 11) is -3.67. The molecule has 1 saturated carbocycles. The number of rotatable bonds is 8. The van der Waals surface area contributed by atoms with Gasteiger partial charge in [-0.05, 0) is 36.6 Å². The molecule has 35 heavy (non-hydrogen) atoms. The number of nitrogens with zero attached hydrogens (tertiary/aromatic N) is 2. The van der Waals surface area contributed by atoms with Crippen molar-refractivity contribution in [2.45, 2.75) is 43.1 Å². The van der Waals surface area contributed by atoms with Gasteiger partial charge in [0.25, 0.3) is 6.43 Å². The van der Waals surface area contributed by atoms with Crippen LogP contribution in [0.3, 0.4) is 0 Å². The van der Waals surface area contributed by atoms with Crippen LogP contribution in [0.1, 0.15) is 35.9 Å². The van der Waals surface area contributed by atoms with E-state index in [2.05, 4.69) is 15.3 Å². The molecule has 1 unspecified atom stereocenters. The van der Waals surface area contributed by atoms with E-state index in [1.165, 1.54) is 6.07 Å². The van der Waals surface area contributed by atoms with Crippen LogP contribution in [-0.2, 0) is 36.9 Å². The first-order chi connectivity index (χ1) is 16.7. The second-order valence-electron chi connectivity index (χ2n) is 9.04. The van der Waals surface area contributed by atoms with E-state index in [1.807, 2.05) is 0 Å². The molecule has 1 saturated heterocycles. The van der Waals surface area contributed by atoms with Crippen LogP contribution >= 0.6 is 0 Å². The van der Waals surface area contributed by atoms with Crippen LogP contribution in [-0.4, -0.2) is 57.4 Å². The first kappa shape index (κ1) is 24.0. The molecule has 2 aromatic rings.